The van der Waals surface area contributed by atoms with Crippen LogP contribution in [0.3, 0.4) is 0 Å². The van der Waals surface area contributed by atoms with E-state index >= 15 is 0 Å². The molecule has 138 valence electrons. The van der Waals surface area contributed by atoms with Crippen LogP contribution >= 0.6 is 12.4 Å². The largest absolute Gasteiger partial charge is 0.508 e. The summed E-state index contributed by atoms with van der Waals surface area (Å²) in [6.07, 6.45) is 2.83. The number of fused-ring (bicyclic) bond motifs is 1. The molecule has 1 aromatic heterocycles. The van der Waals surface area contributed by atoms with Crippen LogP contribution in [0.15, 0.2) is 18.2 Å². The second-order valence-corrected chi connectivity index (χ2v) is 6.28. The average molecular weight is 376 g/mol. The molecule has 25 heavy (non-hydrogen) atoms. The van der Waals surface area contributed by atoms with E-state index in [1.807, 2.05) is 0 Å². The summed E-state index contributed by atoms with van der Waals surface area (Å²) in [6, 6.07) is 4.20. The molecular formula is C17H21ClF3N3O. The minimum atomic E-state index is -4.61. The molecule has 0 unspecified atom stereocenters. The second kappa shape index (κ2) is 8.08. The molecule has 1 aromatic carbocycles. The predicted octanol–water partition coefficient (Wildman–Crippen LogP) is 5.30. The van der Waals surface area contributed by atoms with Gasteiger partial charge in [0.15, 0.2) is 0 Å². The third-order valence-electron chi connectivity index (χ3n) is 4.38. The fraction of sp³-hybridized carbons (Fsp3) is 0.529. The van der Waals surface area contributed by atoms with Gasteiger partial charge in [-0.1, -0.05) is 32.1 Å². The second-order valence-electron chi connectivity index (χ2n) is 6.28. The van der Waals surface area contributed by atoms with Gasteiger partial charge in [-0.15, -0.1) is 12.4 Å². The maximum absolute atomic E-state index is 13.1. The molecule has 1 fully saturated rings. The molecule has 2 aromatic rings. The SMILES string of the molecule is Cl.Oc1ccc2nc(C(F)(F)F)nc(NC3CCCCCCC3)c2c1. The van der Waals surface area contributed by atoms with Crippen LogP contribution in [-0.4, -0.2) is 21.1 Å². The number of hydrogen-bond donors (Lipinski definition) is 2. The molecule has 4 nitrogen and oxygen atoms in total. The fourth-order valence-electron chi connectivity index (χ4n) is 3.15. The first-order valence-corrected chi connectivity index (χ1v) is 8.28. The summed E-state index contributed by atoms with van der Waals surface area (Å²) in [4.78, 5) is 7.29. The Hall–Kier alpha value is -1.76. The van der Waals surface area contributed by atoms with Gasteiger partial charge < -0.3 is 10.4 Å². The molecule has 3 rings (SSSR count). The van der Waals surface area contributed by atoms with Crippen molar-refractivity contribution in [1.29, 1.82) is 0 Å². The third-order valence-corrected chi connectivity index (χ3v) is 4.38. The fourth-order valence-corrected chi connectivity index (χ4v) is 3.15. The summed E-state index contributed by atoms with van der Waals surface area (Å²) >= 11 is 0. The third kappa shape index (κ3) is 4.87. The molecule has 0 amide bonds. The van der Waals surface area contributed by atoms with Crippen molar-refractivity contribution in [3.8, 4) is 5.75 Å². The molecule has 1 saturated carbocycles. The van der Waals surface area contributed by atoms with Gasteiger partial charge in [0.05, 0.1) is 5.52 Å². The van der Waals surface area contributed by atoms with Crippen molar-refractivity contribution in [3.05, 3.63) is 24.0 Å². The zero-order valence-electron chi connectivity index (χ0n) is 13.6. The van der Waals surface area contributed by atoms with Crippen molar-refractivity contribution in [2.45, 2.75) is 57.2 Å². The molecular weight excluding hydrogens is 355 g/mol. The van der Waals surface area contributed by atoms with Crippen LogP contribution in [-0.2, 0) is 6.18 Å². The van der Waals surface area contributed by atoms with Gasteiger partial charge in [-0.25, -0.2) is 9.97 Å². The monoisotopic (exact) mass is 375 g/mol. The van der Waals surface area contributed by atoms with E-state index in [1.165, 1.54) is 24.6 Å². The first kappa shape index (κ1) is 19.6. The molecule has 0 saturated heterocycles. The first-order valence-electron chi connectivity index (χ1n) is 8.28. The number of aromatic nitrogens is 2. The van der Waals surface area contributed by atoms with Gasteiger partial charge in [0, 0.05) is 11.4 Å². The molecule has 0 atom stereocenters. The van der Waals surface area contributed by atoms with Crippen LogP contribution in [0.2, 0.25) is 0 Å². The van der Waals surface area contributed by atoms with E-state index in [9.17, 15) is 18.3 Å². The highest BCUT2D eigenvalue weighted by atomic mass is 35.5. The lowest BCUT2D eigenvalue weighted by molar-refractivity contribution is -0.144. The standard InChI is InChI=1S/C17H20F3N3O.ClH/c18-17(19,20)16-22-14-9-8-12(24)10-13(14)15(23-16)21-11-6-4-2-1-3-5-7-11;/h8-11,24H,1-7H2,(H,21,22,23);1H. The van der Waals surface area contributed by atoms with Gasteiger partial charge in [0.1, 0.15) is 11.6 Å². The Morgan fingerprint density at radius 3 is 2.28 bits per heavy atom. The molecule has 1 heterocycles. The van der Waals surface area contributed by atoms with Gasteiger partial charge in [0.25, 0.3) is 0 Å². The zero-order valence-corrected chi connectivity index (χ0v) is 14.5. The normalized spacial score (nSPS) is 16.8. The summed E-state index contributed by atoms with van der Waals surface area (Å²) in [5, 5.41) is 13.2. The highest BCUT2D eigenvalue weighted by Gasteiger charge is 2.35. The molecule has 2 N–H and O–H groups in total. The Bertz CT molecular complexity index is 716. The number of phenols is 1. The Morgan fingerprint density at radius 1 is 1.00 bits per heavy atom. The van der Waals surface area contributed by atoms with E-state index in [4.69, 9.17) is 0 Å². The Morgan fingerprint density at radius 2 is 1.64 bits per heavy atom. The van der Waals surface area contributed by atoms with Gasteiger partial charge >= 0.3 is 6.18 Å². The quantitative estimate of drug-likeness (QED) is 0.747. The van der Waals surface area contributed by atoms with Crippen molar-refractivity contribution in [2.24, 2.45) is 0 Å². The van der Waals surface area contributed by atoms with Crippen LogP contribution in [0.5, 0.6) is 5.75 Å². The van der Waals surface area contributed by atoms with Crippen LogP contribution in [0.25, 0.3) is 10.9 Å². The van der Waals surface area contributed by atoms with E-state index in [-0.39, 0.29) is 35.5 Å². The van der Waals surface area contributed by atoms with Crippen LogP contribution < -0.4 is 5.32 Å². The lowest BCUT2D eigenvalue weighted by Gasteiger charge is -2.22. The van der Waals surface area contributed by atoms with E-state index in [2.05, 4.69) is 15.3 Å². The van der Waals surface area contributed by atoms with Crippen molar-refractivity contribution in [3.63, 3.8) is 0 Å². The van der Waals surface area contributed by atoms with Crippen LogP contribution in [0.1, 0.15) is 50.8 Å². The summed E-state index contributed by atoms with van der Waals surface area (Å²) in [7, 11) is 0. The van der Waals surface area contributed by atoms with E-state index in [1.54, 1.807) is 0 Å². The molecule has 0 spiro atoms. The van der Waals surface area contributed by atoms with Gasteiger partial charge in [-0.2, -0.15) is 13.2 Å². The summed E-state index contributed by atoms with van der Waals surface area (Å²) < 4.78 is 39.2. The first-order chi connectivity index (χ1) is 11.4. The number of nitrogens with zero attached hydrogens (tertiary/aromatic N) is 2. The molecule has 0 bridgehead atoms. The average Bonchev–Trinajstić information content (AvgIpc) is 2.49. The van der Waals surface area contributed by atoms with Crippen LogP contribution in [0.4, 0.5) is 19.0 Å². The van der Waals surface area contributed by atoms with Crippen molar-refractivity contribution in [1.82, 2.24) is 9.97 Å². The lowest BCUT2D eigenvalue weighted by atomic mass is 9.96. The van der Waals surface area contributed by atoms with E-state index in [0.29, 0.717) is 5.39 Å². The zero-order chi connectivity index (χ0) is 17.2. The molecule has 0 aliphatic heterocycles. The molecule has 1 aliphatic rings. The lowest BCUT2D eigenvalue weighted by Crippen LogP contribution is -2.23. The molecule has 0 radical (unpaired) electrons. The number of phenolic OH excluding ortho intramolecular Hbond substituents is 1. The van der Waals surface area contributed by atoms with Crippen molar-refractivity contribution >= 4 is 29.1 Å². The summed E-state index contributed by atoms with van der Waals surface area (Å²) in [6.45, 7) is 0. The number of nitrogens with one attached hydrogen (secondary N) is 1. The number of benzene rings is 1. The van der Waals surface area contributed by atoms with Crippen molar-refractivity contribution < 1.29 is 18.3 Å². The highest BCUT2D eigenvalue weighted by molar-refractivity contribution is 5.90. The van der Waals surface area contributed by atoms with Gasteiger partial charge in [-0.3, -0.25) is 0 Å². The minimum Gasteiger partial charge on any atom is -0.508 e. The van der Waals surface area contributed by atoms with Crippen molar-refractivity contribution in [2.75, 3.05) is 5.32 Å². The predicted molar refractivity (Wildman–Crippen MR) is 93.2 cm³/mol. The number of halogens is 4. The minimum absolute atomic E-state index is 0. The topological polar surface area (TPSA) is 58.0 Å². The van der Waals surface area contributed by atoms with E-state index < -0.39 is 12.0 Å². The van der Waals surface area contributed by atoms with Gasteiger partial charge in [-0.05, 0) is 31.0 Å². The molecule has 8 heteroatoms. The Kier molecular flexibility index (Phi) is 6.32. The van der Waals surface area contributed by atoms with Gasteiger partial charge in [0.2, 0.25) is 5.82 Å². The number of rotatable bonds is 2. The Labute approximate surface area is 150 Å². The number of alkyl halides is 3. The Balaban J connectivity index is 0.00000225. The highest BCUT2D eigenvalue weighted by Crippen LogP contribution is 2.32. The number of anilines is 1. The maximum Gasteiger partial charge on any atom is 0.451 e. The number of hydrogen-bond acceptors (Lipinski definition) is 4. The number of aromatic hydroxyl groups is 1. The maximum atomic E-state index is 13.1. The van der Waals surface area contributed by atoms with E-state index in [0.717, 1.165) is 38.5 Å². The van der Waals surface area contributed by atoms with Crippen LogP contribution in [0, 0.1) is 0 Å². The summed E-state index contributed by atoms with van der Waals surface area (Å²) in [5.74, 6) is -1.03. The smallest absolute Gasteiger partial charge is 0.451 e. The molecule has 1 aliphatic carbocycles. The summed E-state index contributed by atoms with van der Waals surface area (Å²) in [5.41, 5.74) is 0.170.